The van der Waals surface area contributed by atoms with Crippen LogP contribution in [0.1, 0.15) is 77.3 Å². The fourth-order valence-electron chi connectivity index (χ4n) is 8.68. The molecule has 0 radical (unpaired) electrons. The van der Waals surface area contributed by atoms with Crippen LogP contribution in [0, 0.1) is 11.3 Å². The van der Waals surface area contributed by atoms with Crippen LogP contribution in [0.3, 0.4) is 0 Å². The van der Waals surface area contributed by atoms with Gasteiger partial charge in [-0.25, -0.2) is 5.43 Å². The molecule has 0 unspecified atom stereocenters. The highest BCUT2D eigenvalue weighted by Gasteiger charge is 2.37. The molecule has 3 amide bonds. The first kappa shape index (κ1) is 44.2. The topological polar surface area (TPSA) is 167 Å². The van der Waals surface area contributed by atoms with Gasteiger partial charge in [-0.3, -0.25) is 29.2 Å². The molecule has 4 heterocycles. The molecule has 0 spiro atoms. The second-order valence-electron chi connectivity index (χ2n) is 17.3. The van der Waals surface area contributed by atoms with Gasteiger partial charge in [0.2, 0.25) is 11.8 Å². The summed E-state index contributed by atoms with van der Waals surface area (Å²) in [4.78, 5) is 61.6. The molecule has 6 rings (SSSR count). The molecule has 1 saturated heterocycles. The number of methoxy groups -OCH3 is 1. The van der Waals surface area contributed by atoms with Crippen LogP contribution in [0.15, 0.2) is 54.7 Å². The van der Waals surface area contributed by atoms with Gasteiger partial charge < -0.3 is 34.7 Å². The van der Waals surface area contributed by atoms with Gasteiger partial charge in [-0.05, 0) is 105 Å². The molecule has 2 aromatic heterocycles. The molecule has 60 heavy (non-hydrogen) atoms. The SMILES string of the molecule is CCn1c(-c2cccnc2[C@H](C)OC)c2c3cc(ccc31)-c1cc(O)cc(c1)C[C@H](NC(=O)[C@H](C(C)C)N(C)C(=O)CNC)C(=O)N1CCC[C@H](N1)C(=O)OCC(C)(C)C2. The zero-order chi connectivity index (χ0) is 43.5. The largest absolute Gasteiger partial charge is 0.508 e. The Hall–Kier alpha value is -5.31. The number of hydrogen-bond acceptors (Lipinski definition) is 10. The van der Waals surface area contributed by atoms with Crippen molar-refractivity contribution in [1.82, 2.24) is 35.5 Å². The van der Waals surface area contributed by atoms with E-state index in [2.05, 4.69) is 59.6 Å². The van der Waals surface area contributed by atoms with Crippen LogP contribution >= 0.6 is 0 Å². The number of aromatic nitrogens is 2. The summed E-state index contributed by atoms with van der Waals surface area (Å²) in [6.45, 7) is 13.1. The summed E-state index contributed by atoms with van der Waals surface area (Å²) >= 11 is 0. The molecular formula is C46H61N7O7. The number of aromatic hydroxyl groups is 1. The number of ether oxygens (including phenoxy) is 2. The van der Waals surface area contributed by atoms with Crippen LogP contribution in [-0.2, 0) is 48.0 Å². The molecule has 4 N–H and O–H groups in total. The van der Waals surface area contributed by atoms with Gasteiger partial charge in [0.1, 0.15) is 23.9 Å². The average molecular weight is 824 g/mol. The third-order valence-corrected chi connectivity index (χ3v) is 11.7. The number of cyclic esters (lactones) is 1. The molecule has 14 nitrogen and oxygen atoms in total. The number of phenols is 1. The van der Waals surface area contributed by atoms with Crippen LogP contribution in [-0.4, -0.2) is 107 Å². The number of pyridine rings is 1. The highest BCUT2D eigenvalue weighted by molar-refractivity contribution is 5.96. The van der Waals surface area contributed by atoms with Gasteiger partial charge in [0.05, 0.1) is 30.6 Å². The standard InChI is InChI=1S/C46H61N7O7/c1-10-52-38-16-15-30-23-34(38)35(42(52)33-13-11-17-48-40(33)28(4)59-9)24-46(5,6)26-60-45(58)36-14-12-18-53(50-36)44(57)37(21-29-19-31(30)22-32(54)20-29)49-43(56)41(27(2)3)51(8)39(55)25-47-7/h11,13,15-17,19-20,22-23,27-28,36-37,41,47,50,54H,10,12,14,18,21,24-26H2,1-9H3,(H,49,56)/t28-,36-,37-,41-/m0/s1. The lowest BCUT2D eigenvalue weighted by Crippen LogP contribution is -2.62. The lowest BCUT2D eigenvalue weighted by Gasteiger charge is -2.36. The Labute approximate surface area is 353 Å². The molecule has 1 fully saturated rings. The van der Waals surface area contributed by atoms with Crippen molar-refractivity contribution in [2.45, 2.75) is 98.0 Å². The molecule has 6 bridgehead atoms. The smallest absolute Gasteiger partial charge is 0.324 e. The maximum absolute atomic E-state index is 14.5. The van der Waals surface area contributed by atoms with Gasteiger partial charge in [0, 0.05) is 61.7 Å². The number of nitrogens with zero attached hydrogens (tertiary/aromatic N) is 4. The number of benzene rings is 2. The number of phenolic OH excluding ortho intramolecular Hbond substituents is 1. The number of carbonyl (C=O) groups is 4. The molecule has 0 aliphatic carbocycles. The van der Waals surface area contributed by atoms with Crippen molar-refractivity contribution >= 4 is 34.6 Å². The number of carbonyl (C=O) groups excluding carboxylic acids is 4. The summed E-state index contributed by atoms with van der Waals surface area (Å²) in [5.74, 6) is -1.94. The molecule has 2 aromatic carbocycles. The number of amides is 3. The lowest BCUT2D eigenvalue weighted by molar-refractivity contribution is -0.155. The first-order valence-corrected chi connectivity index (χ1v) is 21.0. The molecule has 4 atom stereocenters. The zero-order valence-electron chi connectivity index (χ0n) is 36.4. The number of aryl methyl sites for hydroxylation is 1. The monoisotopic (exact) mass is 823 g/mol. The van der Waals surface area contributed by atoms with Crippen molar-refractivity contribution in [1.29, 1.82) is 0 Å². The van der Waals surface area contributed by atoms with E-state index in [1.54, 1.807) is 39.5 Å². The Morgan fingerprint density at radius 1 is 1.12 bits per heavy atom. The molecular weight excluding hydrogens is 763 g/mol. The van der Waals surface area contributed by atoms with Crippen molar-refractivity contribution in [2.75, 3.05) is 40.9 Å². The third kappa shape index (κ3) is 9.35. The molecule has 4 aromatic rings. The highest BCUT2D eigenvalue weighted by atomic mass is 16.5. The quantitative estimate of drug-likeness (QED) is 0.157. The zero-order valence-corrected chi connectivity index (χ0v) is 36.4. The van der Waals surface area contributed by atoms with Crippen LogP contribution in [0.2, 0.25) is 0 Å². The second kappa shape index (κ2) is 18.5. The van der Waals surface area contributed by atoms with Gasteiger partial charge in [-0.2, -0.15) is 0 Å². The molecule has 2 aliphatic rings. The van der Waals surface area contributed by atoms with E-state index in [0.717, 1.165) is 44.5 Å². The van der Waals surface area contributed by atoms with Crippen molar-refractivity contribution in [3.05, 3.63) is 71.5 Å². The lowest BCUT2D eigenvalue weighted by atomic mass is 9.84. The van der Waals surface area contributed by atoms with Gasteiger partial charge in [-0.1, -0.05) is 39.8 Å². The highest BCUT2D eigenvalue weighted by Crippen LogP contribution is 2.42. The van der Waals surface area contributed by atoms with Gasteiger partial charge in [-0.15, -0.1) is 0 Å². The number of esters is 1. The summed E-state index contributed by atoms with van der Waals surface area (Å²) < 4.78 is 14.2. The fourth-order valence-corrected chi connectivity index (χ4v) is 8.68. The van der Waals surface area contributed by atoms with Crippen LogP contribution in [0.25, 0.3) is 33.3 Å². The predicted molar refractivity (Wildman–Crippen MR) is 231 cm³/mol. The number of nitrogens with one attached hydrogen (secondary N) is 3. The second-order valence-corrected chi connectivity index (χ2v) is 17.3. The van der Waals surface area contributed by atoms with Crippen molar-refractivity contribution in [3.8, 4) is 28.1 Å². The number of likely N-dealkylation sites (N-methyl/N-ethyl adjacent to an activating group) is 2. The molecule has 0 saturated carbocycles. The van der Waals surface area contributed by atoms with E-state index >= 15 is 0 Å². The Kier molecular flexibility index (Phi) is 13.7. The Morgan fingerprint density at radius 2 is 1.88 bits per heavy atom. The van der Waals surface area contributed by atoms with E-state index in [9.17, 15) is 24.3 Å². The summed E-state index contributed by atoms with van der Waals surface area (Å²) in [5.41, 5.74) is 9.66. The molecule has 322 valence electrons. The van der Waals surface area contributed by atoms with Gasteiger partial charge in [0.25, 0.3) is 5.91 Å². The minimum absolute atomic E-state index is 0.00705. The summed E-state index contributed by atoms with van der Waals surface area (Å²) in [6, 6.07) is 12.7. The van der Waals surface area contributed by atoms with E-state index in [0.29, 0.717) is 37.9 Å². The van der Waals surface area contributed by atoms with Gasteiger partial charge >= 0.3 is 5.97 Å². The van der Waals surface area contributed by atoms with Crippen LogP contribution < -0.4 is 16.1 Å². The van der Waals surface area contributed by atoms with Crippen molar-refractivity contribution < 1.29 is 33.8 Å². The maximum atomic E-state index is 14.5. The van der Waals surface area contributed by atoms with E-state index < -0.39 is 41.3 Å². The first-order valence-electron chi connectivity index (χ1n) is 21.0. The normalized spacial score (nSPS) is 19.4. The summed E-state index contributed by atoms with van der Waals surface area (Å²) in [5, 5.41) is 19.4. The molecule has 2 aliphatic heterocycles. The Balaban J connectivity index is 1.51. The summed E-state index contributed by atoms with van der Waals surface area (Å²) in [7, 11) is 4.91. The minimum atomic E-state index is -1.11. The minimum Gasteiger partial charge on any atom is -0.508 e. The van der Waals surface area contributed by atoms with Crippen molar-refractivity contribution in [2.24, 2.45) is 11.3 Å². The van der Waals surface area contributed by atoms with Crippen LogP contribution in [0.5, 0.6) is 5.75 Å². The van der Waals surface area contributed by atoms with Gasteiger partial charge in [0.15, 0.2) is 0 Å². The number of fused-ring (bicyclic) bond motifs is 6. The van der Waals surface area contributed by atoms with Crippen LogP contribution in [0.4, 0.5) is 0 Å². The Bertz CT molecular complexity index is 2230. The first-order chi connectivity index (χ1) is 28.6. The predicted octanol–water partition coefficient (Wildman–Crippen LogP) is 5.15. The number of rotatable bonds is 10. The number of hydrogen-bond donors (Lipinski definition) is 4. The van der Waals surface area contributed by atoms with E-state index in [1.807, 2.05) is 39.0 Å². The third-order valence-electron chi connectivity index (χ3n) is 11.7. The number of hydrazine groups is 1. The van der Waals surface area contributed by atoms with E-state index in [4.69, 9.17) is 14.5 Å². The van der Waals surface area contributed by atoms with Crippen molar-refractivity contribution in [3.63, 3.8) is 0 Å². The van der Waals surface area contributed by atoms with E-state index in [-0.39, 0.29) is 43.3 Å². The summed E-state index contributed by atoms with van der Waals surface area (Å²) in [6.07, 6.45) is 3.08. The average Bonchev–Trinajstić information content (AvgIpc) is 3.52. The maximum Gasteiger partial charge on any atom is 0.324 e. The Morgan fingerprint density at radius 3 is 2.58 bits per heavy atom. The molecule has 14 heteroatoms. The fraction of sp³-hybridized carbons (Fsp3) is 0.500. The van der Waals surface area contributed by atoms with E-state index in [1.165, 1.54) is 9.91 Å².